The van der Waals surface area contributed by atoms with E-state index >= 15 is 0 Å². The van der Waals surface area contributed by atoms with Gasteiger partial charge in [0.15, 0.2) is 0 Å². The van der Waals surface area contributed by atoms with Gasteiger partial charge in [0.05, 0.1) is 0 Å². The van der Waals surface area contributed by atoms with Gasteiger partial charge >= 0.3 is 0 Å². The van der Waals surface area contributed by atoms with Crippen LogP contribution in [0.25, 0.3) is 6.08 Å². The van der Waals surface area contributed by atoms with Crippen molar-refractivity contribution in [1.82, 2.24) is 0 Å². The van der Waals surface area contributed by atoms with E-state index < -0.39 is 0 Å². The molecule has 1 fully saturated rings. The summed E-state index contributed by atoms with van der Waals surface area (Å²) < 4.78 is 1.19. The Balaban J connectivity index is 2.36. The van der Waals surface area contributed by atoms with Gasteiger partial charge in [0, 0.05) is 4.47 Å². The summed E-state index contributed by atoms with van der Waals surface area (Å²) in [4.78, 5) is 0. The molecule has 0 spiro atoms. The minimum absolute atomic E-state index is 1.19. The molecule has 0 aliphatic heterocycles. The molecule has 1 aromatic rings. The lowest BCUT2D eigenvalue weighted by molar-refractivity contribution is 1.50. The highest BCUT2D eigenvalue weighted by molar-refractivity contribution is 9.10. The van der Waals surface area contributed by atoms with Gasteiger partial charge in [-0.1, -0.05) is 45.8 Å². The summed E-state index contributed by atoms with van der Waals surface area (Å²) in [6.45, 7) is 0. The number of halogens is 1. The molecule has 0 amide bonds. The molecule has 56 valence electrons. The van der Waals surface area contributed by atoms with Gasteiger partial charge < -0.3 is 0 Å². The minimum Gasteiger partial charge on any atom is -0.0689 e. The predicted octanol–water partition coefficient (Wildman–Crippen LogP) is 3.63. The van der Waals surface area contributed by atoms with Crippen molar-refractivity contribution in [3.8, 4) is 0 Å². The molecule has 1 aliphatic carbocycles. The number of benzene rings is 1. The third kappa shape index (κ3) is 1.72. The fourth-order valence-electron chi connectivity index (χ4n) is 1.03. The Morgan fingerprint density at radius 3 is 2.55 bits per heavy atom. The van der Waals surface area contributed by atoms with Gasteiger partial charge in [-0.15, -0.1) is 0 Å². The number of allylic oxidation sites excluding steroid dienone is 1. The Hall–Kier alpha value is -0.560. The summed E-state index contributed by atoms with van der Waals surface area (Å²) in [6, 6.07) is 8.32. The van der Waals surface area contributed by atoms with Crippen molar-refractivity contribution in [3.63, 3.8) is 0 Å². The van der Waals surface area contributed by atoms with Gasteiger partial charge in [0.1, 0.15) is 0 Å². The molecular formula is C10H9Br. The van der Waals surface area contributed by atoms with Crippen LogP contribution in [-0.2, 0) is 0 Å². The second-order valence-electron chi connectivity index (χ2n) is 2.82. The van der Waals surface area contributed by atoms with E-state index in [4.69, 9.17) is 0 Å². The highest BCUT2D eigenvalue weighted by Gasteiger charge is 2.10. The molecule has 0 heterocycles. The van der Waals surface area contributed by atoms with Crippen molar-refractivity contribution in [2.75, 3.05) is 0 Å². The van der Waals surface area contributed by atoms with E-state index in [1.165, 1.54) is 22.9 Å². The summed E-state index contributed by atoms with van der Waals surface area (Å²) in [5.41, 5.74) is 2.87. The van der Waals surface area contributed by atoms with E-state index in [0.717, 1.165) is 0 Å². The van der Waals surface area contributed by atoms with E-state index in [1.807, 2.05) is 6.07 Å². The SMILES string of the molecule is Brc1ccccc1C=C1CC1. The lowest BCUT2D eigenvalue weighted by atomic mass is 10.2. The lowest BCUT2D eigenvalue weighted by Gasteiger charge is -1.94. The second-order valence-corrected chi connectivity index (χ2v) is 3.68. The minimum atomic E-state index is 1.19. The molecule has 1 saturated carbocycles. The van der Waals surface area contributed by atoms with Crippen LogP contribution in [0.15, 0.2) is 34.3 Å². The van der Waals surface area contributed by atoms with Gasteiger partial charge in [-0.25, -0.2) is 0 Å². The maximum atomic E-state index is 3.51. The molecular weight excluding hydrogens is 200 g/mol. The maximum absolute atomic E-state index is 3.51. The average molecular weight is 209 g/mol. The topological polar surface area (TPSA) is 0 Å². The van der Waals surface area contributed by atoms with Crippen LogP contribution in [0, 0.1) is 0 Å². The van der Waals surface area contributed by atoms with Gasteiger partial charge in [-0.2, -0.15) is 0 Å². The van der Waals surface area contributed by atoms with Crippen LogP contribution >= 0.6 is 15.9 Å². The van der Waals surface area contributed by atoms with Crippen LogP contribution in [0.2, 0.25) is 0 Å². The number of hydrogen-bond acceptors (Lipinski definition) is 0. The van der Waals surface area contributed by atoms with Gasteiger partial charge in [-0.05, 0) is 24.5 Å². The van der Waals surface area contributed by atoms with Gasteiger partial charge in [-0.3, -0.25) is 0 Å². The molecule has 0 bridgehead atoms. The quantitative estimate of drug-likeness (QED) is 0.662. The predicted molar refractivity (Wildman–Crippen MR) is 51.4 cm³/mol. The van der Waals surface area contributed by atoms with Crippen molar-refractivity contribution < 1.29 is 0 Å². The fourth-order valence-corrected chi connectivity index (χ4v) is 1.43. The Labute approximate surface area is 75.1 Å². The van der Waals surface area contributed by atoms with Crippen LogP contribution < -0.4 is 0 Å². The standard InChI is InChI=1S/C10H9Br/c11-10-4-2-1-3-9(10)7-8-5-6-8/h1-4,7H,5-6H2. The van der Waals surface area contributed by atoms with Crippen LogP contribution in [0.4, 0.5) is 0 Å². The molecule has 0 unspecified atom stereocenters. The summed E-state index contributed by atoms with van der Waals surface area (Å²) >= 11 is 3.51. The zero-order valence-corrected chi connectivity index (χ0v) is 7.76. The summed E-state index contributed by atoms with van der Waals surface area (Å²) in [6.07, 6.45) is 4.85. The van der Waals surface area contributed by atoms with Crippen molar-refractivity contribution >= 4 is 22.0 Å². The monoisotopic (exact) mass is 208 g/mol. The van der Waals surface area contributed by atoms with Crippen molar-refractivity contribution in [3.05, 3.63) is 39.9 Å². The first-order valence-electron chi connectivity index (χ1n) is 3.80. The van der Waals surface area contributed by atoms with E-state index in [1.54, 1.807) is 5.57 Å². The molecule has 11 heavy (non-hydrogen) atoms. The first-order chi connectivity index (χ1) is 5.36. The lowest BCUT2D eigenvalue weighted by Crippen LogP contribution is -1.72. The average Bonchev–Trinajstić information content (AvgIpc) is 2.78. The van der Waals surface area contributed by atoms with Crippen molar-refractivity contribution in [1.29, 1.82) is 0 Å². The van der Waals surface area contributed by atoms with E-state index in [0.29, 0.717) is 0 Å². The third-order valence-corrected chi connectivity index (χ3v) is 2.53. The highest BCUT2D eigenvalue weighted by atomic mass is 79.9. The molecule has 0 aromatic heterocycles. The van der Waals surface area contributed by atoms with Crippen LogP contribution in [0.5, 0.6) is 0 Å². The Kier molecular flexibility index (Phi) is 1.82. The molecule has 0 radical (unpaired) electrons. The van der Waals surface area contributed by atoms with Crippen LogP contribution in [0.3, 0.4) is 0 Å². The van der Waals surface area contributed by atoms with Gasteiger partial charge in [0.25, 0.3) is 0 Å². The number of rotatable bonds is 1. The Morgan fingerprint density at radius 2 is 1.91 bits per heavy atom. The maximum Gasteiger partial charge on any atom is 0.0247 e. The van der Waals surface area contributed by atoms with Crippen LogP contribution in [0.1, 0.15) is 18.4 Å². The molecule has 1 aliphatic rings. The smallest absolute Gasteiger partial charge is 0.0247 e. The van der Waals surface area contributed by atoms with E-state index in [-0.39, 0.29) is 0 Å². The largest absolute Gasteiger partial charge is 0.0689 e. The molecule has 0 N–H and O–H groups in total. The molecule has 2 rings (SSSR count). The zero-order chi connectivity index (χ0) is 7.68. The normalized spacial score (nSPS) is 14.8. The second kappa shape index (κ2) is 2.82. The Bertz CT molecular complexity index is 293. The fraction of sp³-hybridized carbons (Fsp3) is 0.200. The van der Waals surface area contributed by atoms with Crippen molar-refractivity contribution in [2.45, 2.75) is 12.8 Å². The molecule has 0 saturated heterocycles. The van der Waals surface area contributed by atoms with Gasteiger partial charge in [0.2, 0.25) is 0 Å². The summed E-state index contributed by atoms with van der Waals surface area (Å²) in [7, 11) is 0. The third-order valence-electron chi connectivity index (χ3n) is 1.80. The molecule has 1 aromatic carbocycles. The summed E-state index contributed by atoms with van der Waals surface area (Å²) in [5.74, 6) is 0. The highest BCUT2D eigenvalue weighted by Crippen LogP contribution is 2.31. The zero-order valence-electron chi connectivity index (χ0n) is 6.18. The first-order valence-corrected chi connectivity index (χ1v) is 4.59. The van der Waals surface area contributed by atoms with E-state index in [2.05, 4.69) is 40.2 Å². The number of hydrogen-bond donors (Lipinski definition) is 0. The Morgan fingerprint density at radius 1 is 1.18 bits per heavy atom. The first kappa shape index (κ1) is 7.11. The van der Waals surface area contributed by atoms with Crippen LogP contribution in [-0.4, -0.2) is 0 Å². The molecule has 0 nitrogen and oxygen atoms in total. The molecule has 1 heteroatoms. The summed E-state index contributed by atoms with van der Waals surface area (Å²) in [5, 5.41) is 0. The van der Waals surface area contributed by atoms with Crippen molar-refractivity contribution in [2.24, 2.45) is 0 Å². The van der Waals surface area contributed by atoms with E-state index in [9.17, 15) is 0 Å². The molecule has 0 atom stereocenters.